The molecule has 15 heteroatoms. The zero-order valence-corrected chi connectivity index (χ0v) is 15.3. The van der Waals surface area contributed by atoms with Gasteiger partial charge in [-0.3, -0.25) is 0 Å². The summed E-state index contributed by atoms with van der Waals surface area (Å²) in [7, 11) is 0. The van der Waals surface area contributed by atoms with Crippen molar-refractivity contribution in [2.45, 2.75) is 0 Å². The number of hydrogen-bond acceptors (Lipinski definition) is 0. The van der Waals surface area contributed by atoms with Crippen LogP contribution >= 0.6 is 0 Å². The van der Waals surface area contributed by atoms with Gasteiger partial charge >= 0.3 is 136 Å². The standard InChI is InChI=1S/12CO.3Fe/c12*1-2;;;. The molecule has 0 saturated carbocycles. The molecular formula is C12Fe3O12. The van der Waals surface area contributed by atoms with E-state index in [-0.39, 0.29) is 51.2 Å². The molecule has 0 aromatic carbocycles. The summed E-state index contributed by atoms with van der Waals surface area (Å²) < 4.78 is 90.0. The molecule has 0 aliphatic rings. The Bertz CT molecular complexity index is 224. The average molecular weight is 504 g/mol. The van der Waals surface area contributed by atoms with E-state index in [0.717, 1.165) is 0 Å². The molecule has 0 aliphatic heterocycles. The van der Waals surface area contributed by atoms with Crippen LogP contribution in [0.1, 0.15) is 0 Å². The molecule has 0 fully saturated rings. The third-order valence-corrected chi connectivity index (χ3v) is 0. The molecular weight excluding hydrogens is 504 g/mol. The summed E-state index contributed by atoms with van der Waals surface area (Å²) in [5, 5.41) is 0. The third kappa shape index (κ3) is 5050. The summed E-state index contributed by atoms with van der Waals surface area (Å²) in [5.41, 5.74) is 0. The number of rotatable bonds is 0. The Labute approximate surface area is 186 Å². The normalized spacial score (nSPS) is 0.889. The summed E-state index contributed by atoms with van der Waals surface area (Å²) in [4.78, 5) is 0. The van der Waals surface area contributed by atoms with Crippen molar-refractivity contribution in [2.75, 3.05) is 0 Å². The molecule has 27 heavy (non-hydrogen) atoms. The van der Waals surface area contributed by atoms with Gasteiger partial charge in [-0.2, -0.15) is 0 Å². The summed E-state index contributed by atoms with van der Waals surface area (Å²) in [6, 6.07) is 0. The first-order valence-electron chi connectivity index (χ1n) is 2.45. The van der Waals surface area contributed by atoms with E-state index in [1.165, 1.54) is 0 Å². The van der Waals surface area contributed by atoms with E-state index in [1.54, 1.807) is 0 Å². The molecule has 0 heterocycles. The zero-order chi connectivity index (χ0) is 24.0. The van der Waals surface area contributed by atoms with Crippen LogP contribution in [0.15, 0.2) is 0 Å². The van der Waals surface area contributed by atoms with Crippen LogP contribution in [0.5, 0.6) is 0 Å². The second-order valence-corrected chi connectivity index (χ2v) is 0. The minimum Gasteiger partial charge on any atom is 0 e. The van der Waals surface area contributed by atoms with Crippen molar-refractivity contribution in [3.63, 3.8) is 0 Å². The first-order valence-corrected chi connectivity index (χ1v) is 2.45. The summed E-state index contributed by atoms with van der Waals surface area (Å²) in [5.74, 6) is 0. The zero-order valence-electron chi connectivity index (χ0n) is 12.0. The second kappa shape index (κ2) is 5510. The van der Waals surface area contributed by atoms with Crippen molar-refractivity contribution in [3.05, 3.63) is 79.8 Å². The molecule has 0 aliphatic carbocycles. The molecule has 12 nitrogen and oxygen atoms in total. The van der Waals surface area contributed by atoms with Crippen LogP contribution in [0, 0.1) is 79.8 Å². The maximum Gasteiger partial charge on any atom is 0 e. The molecule has 0 atom stereocenters. The SMILES string of the molecule is [C-]#[O+].[C-]#[O+].[C-]#[O+].[C-]#[O+].[C-]#[O+].[C-]#[O+].[C-]#[O+].[C-]#[O+].[C-]#[O+].[C-]#[O+].[C-]#[O+].[C-]#[O+].[Fe].[Fe].[Fe]. The van der Waals surface area contributed by atoms with Gasteiger partial charge in [0.05, 0.1) is 0 Å². The van der Waals surface area contributed by atoms with Crippen LogP contribution in [0.2, 0.25) is 0 Å². The molecule has 0 saturated heterocycles. The van der Waals surface area contributed by atoms with Crippen LogP contribution < -0.4 is 0 Å². The Kier molecular flexibility index (Phi) is 28400. The fourth-order valence-electron chi connectivity index (χ4n) is 0. The predicted octanol–water partition coefficient (Wildman–Crippen LogP) is -0.458. The van der Waals surface area contributed by atoms with Crippen LogP contribution in [0.3, 0.4) is 0 Å². The van der Waals surface area contributed by atoms with E-state index in [2.05, 4.69) is 79.8 Å². The first kappa shape index (κ1) is 139. The number of hydrogen-bond donors (Lipinski definition) is 0. The van der Waals surface area contributed by atoms with Crippen molar-refractivity contribution < 1.29 is 107 Å². The van der Waals surface area contributed by atoms with Gasteiger partial charge in [0.1, 0.15) is 0 Å². The van der Waals surface area contributed by atoms with E-state index in [0.29, 0.717) is 0 Å². The van der Waals surface area contributed by atoms with Gasteiger partial charge in [-0.1, -0.05) is 0 Å². The Morgan fingerprint density at radius 1 is 0.148 bits per heavy atom. The molecule has 144 valence electrons. The van der Waals surface area contributed by atoms with E-state index in [1.807, 2.05) is 0 Å². The summed E-state index contributed by atoms with van der Waals surface area (Å²) in [6.07, 6.45) is 0. The Morgan fingerprint density at radius 2 is 0.148 bits per heavy atom. The Morgan fingerprint density at radius 3 is 0.148 bits per heavy atom. The van der Waals surface area contributed by atoms with E-state index in [4.69, 9.17) is 55.8 Å². The molecule has 0 spiro atoms. The topological polar surface area (TPSA) is 239 Å². The van der Waals surface area contributed by atoms with Crippen LogP contribution in [-0.2, 0) is 107 Å². The molecule has 0 amide bonds. The second-order valence-electron chi connectivity index (χ2n) is 0. The van der Waals surface area contributed by atoms with Crippen molar-refractivity contribution in [2.24, 2.45) is 0 Å². The van der Waals surface area contributed by atoms with Crippen LogP contribution in [0.4, 0.5) is 0 Å². The van der Waals surface area contributed by atoms with Gasteiger partial charge in [0.15, 0.2) is 0 Å². The molecule has 0 N–H and O–H groups in total. The van der Waals surface area contributed by atoms with Crippen molar-refractivity contribution in [1.29, 1.82) is 0 Å². The largest absolute Gasteiger partial charge is 0 e. The predicted molar refractivity (Wildman–Crippen MR) is 47.2 cm³/mol. The van der Waals surface area contributed by atoms with Crippen molar-refractivity contribution in [3.8, 4) is 0 Å². The molecule has 0 rings (SSSR count). The van der Waals surface area contributed by atoms with Gasteiger partial charge in [-0.05, 0) is 0 Å². The van der Waals surface area contributed by atoms with Crippen LogP contribution in [0.25, 0.3) is 0 Å². The fraction of sp³-hybridized carbons (Fsp3) is 0. The summed E-state index contributed by atoms with van der Waals surface area (Å²) >= 11 is 0. The monoisotopic (exact) mass is 504 g/mol. The van der Waals surface area contributed by atoms with Gasteiger partial charge in [-0.25, -0.2) is 0 Å². The van der Waals surface area contributed by atoms with Gasteiger partial charge in [0.25, 0.3) is 0 Å². The molecule has 0 unspecified atom stereocenters. The first-order chi connectivity index (χ1) is 12.0. The van der Waals surface area contributed by atoms with Gasteiger partial charge in [-0.15, -0.1) is 0 Å². The van der Waals surface area contributed by atoms with Crippen LogP contribution in [-0.4, -0.2) is 0 Å². The quantitative estimate of drug-likeness (QED) is 0.231. The van der Waals surface area contributed by atoms with Gasteiger partial charge < -0.3 is 0 Å². The third-order valence-electron chi connectivity index (χ3n) is 0. The Hall–Kier alpha value is -1.56. The minimum absolute atomic E-state index is 0. The fourth-order valence-corrected chi connectivity index (χ4v) is 0. The smallest absolute Gasteiger partial charge is 0 e. The van der Waals surface area contributed by atoms with E-state index >= 15 is 0 Å². The Balaban J connectivity index is -0.00000000443. The molecule has 0 radical (unpaired) electrons. The minimum atomic E-state index is 0. The van der Waals surface area contributed by atoms with E-state index < -0.39 is 0 Å². The summed E-state index contributed by atoms with van der Waals surface area (Å²) in [6.45, 7) is 54.0. The average Bonchev–Trinajstić information content (AvgIpc) is 2.84. The van der Waals surface area contributed by atoms with E-state index in [9.17, 15) is 0 Å². The maximum absolute atomic E-state index is 7.50. The van der Waals surface area contributed by atoms with Crippen molar-refractivity contribution in [1.82, 2.24) is 0 Å². The van der Waals surface area contributed by atoms with Crippen molar-refractivity contribution >= 4 is 0 Å². The molecule has 0 bridgehead atoms. The molecule has 0 aromatic heterocycles. The molecule has 0 aromatic rings. The van der Waals surface area contributed by atoms with Gasteiger partial charge in [0, 0.05) is 51.2 Å². The van der Waals surface area contributed by atoms with Gasteiger partial charge in [0.2, 0.25) is 0 Å². The maximum atomic E-state index is 7.50.